The molecule has 0 saturated heterocycles. The van der Waals surface area contributed by atoms with E-state index in [0.717, 1.165) is 20.5 Å². The van der Waals surface area contributed by atoms with Gasteiger partial charge in [-0.1, -0.05) is 12.1 Å². The molecule has 2 aromatic heterocycles. The van der Waals surface area contributed by atoms with Crippen molar-refractivity contribution in [3.05, 3.63) is 54.0 Å². The Morgan fingerprint density at radius 3 is 2.39 bits per heavy atom. The number of rotatable bonds is 15. The minimum atomic E-state index is -4.54. The fraction of sp³-hybridized carbons (Fsp3) is 0.423. The Hall–Kier alpha value is -4.14. The first-order valence-electron chi connectivity index (χ1n) is 13.0. The summed E-state index contributed by atoms with van der Waals surface area (Å²) in [5.41, 5.74) is 10.3. The molecule has 1 unspecified atom stereocenters. The molecule has 0 spiro atoms. The van der Waals surface area contributed by atoms with Crippen LogP contribution in [0.25, 0.3) is 5.52 Å². The number of nitrogens with two attached hydrogens (primary N) is 2. The van der Waals surface area contributed by atoms with E-state index in [0.29, 0.717) is 11.1 Å². The highest BCUT2D eigenvalue weighted by molar-refractivity contribution is 7.52. The number of carbonyl (C=O) groups excluding carboxylic acids is 2. The number of aromatic nitrogens is 3. The van der Waals surface area contributed by atoms with Crippen molar-refractivity contribution in [1.29, 1.82) is 5.26 Å². The normalized spacial score (nSPS) is 16.9. The Kier molecular flexibility index (Phi) is 11.4. The summed E-state index contributed by atoms with van der Waals surface area (Å²) in [6.45, 7) is 0.420. The second-order valence-corrected chi connectivity index (χ2v) is 11.2. The Morgan fingerprint density at radius 1 is 1.14 bits per heavy atom. The van der Waals surface area contributed by atoms with E-state index >= 15 is 0 Å². The molecule has 44 heavy (non-hydrogen) atoms. The van der Waals surface area contributed by atoms with Gasteiger partial charge in [0, 0.05) is 7.11 Å². The fourth-order valence-electron chi connectivity index (χ4n) is 4.07. The third-order valence-electron chi connectivity index (χ3n) is 6.61. The van der Waals surface area contributed by atoms with E-state index < -0.39 is 56.2 Å². The van der Waals surface area contributed by atoms with Gasteiger partial charge in [0.25, 0.3) is 0 Å². The number of fused-ring (bicyclic) bond motifs is 1. The van der Waals surface area contributed by atoms with Gasteiger partial charge in [-0.05, 0) is 43.2 Å². The number of nitrogens with zero attached hydrogens (tertiary/aromatic N) is 4. The summed E-state index contributed by atoms with van der Waals surface area (Å²) < 4.78 is 40.9. The molecule has 1 aromatic carbocycles. The molecule has 7 N–H and O–H groups in total. The van der Waals surface area contributed by atoms with E-state index in [9.17, 15) is 29.6 Å². The number of methoxy groups -OCH3 is 3. The number of aliphatic hydroxyl groups is 2. The van der Waals surface area contributed by atoms with Gasteiger partial charge in [-0.25, -0.2) is 14.1 Å². The number of carbonyl (C=O) groups is 2. The van der Waals surface area contributed by atoms with E-state index in [1.54, 1.807) is 18.2 Å². The van der Waals surface area contributed by atoms with Gasteiger partial charge in [-0.3, -0.25) is 14.1 Å². The molecule has 0 fully saturated rings. The molecule has 3 aromatic rings. The summed E-state index contributed by atoms with van der Waals surface area (Å²) in [5.74, 6) is -1.29. The second-order valence-electron chi connectivity index (χ2n) is 9.51. The summed E-state index contributed by atoms with van der Waals surface area (Å²) in [7, 11) is -1.12. The molecule has 0 aliphatic rings. The zero-order chi connectivity index (χ0) is 32.7. The van der Waals surface area contributed by atoms with Gasteiger partial charge < -0.3 is 40.4 Å². The number of esters is 2. The molecule has 18 heteroatoms. The molecular weight excluding hydrogens is 601 g/mol. The van der Waals surface area contributed by atoms with Crippen LogP contribution in [0.1, 0.15) is 24.3 Å². The number of aliphatic hydroxyl groups excluding tert-OH is 2. The van der Waals surface area contributed by atoms with Crippen molar-refractivity contribution in [2.45, 2.75) is 43.2 Å². The largest absolute Gasteiger partial charge is 0.468 e. The average molecular weight is 636 g/mol. The lowest BCUT2D eigenvalue weighted by atomic mass is 9.93. The lowest BCUT2D eigenvalue weighted by molar-refractivity contribution is -0.143. The lowest BCUT2D eigenvalue weighted by Gasteiger charge is -2.33. The highest BCUT2D eigenvalue weighted by Gasteiger charge is 2.47. The first-order chi connectivity index (χ1) is 20.8. The summed E-state index contributed by atoms with van der Waals surface area (Å²) >= 11 is 0. The standard InChI is InChI=1S/C26H34N7O10P/c1-15(24(36)39-2)32-44(38,43-17-7-5-16(6-8-17)11-18(28)25(37)40-3)42-13-26(12-27,41-4)22(35)21(34)19-9-10-20-23(29)30-14-31-33(19)20/h5-10,14-15,18,21-22,34-35H,11,13,28H2,1-4H3,(H,32,38)(H2,29,30,31)/t15-,18-,21-,22-,26+,44?/m0/s1. The van der Waals surface area contributed by atoms with Crippen molar-refractivity contribution in [2.24, 2.45) is 5.73 Å². The lowest BCUT2D eigenvalue weighted by Crippen LogP contribution is -2.50. The minimum absolute atomic E-state index is 0.00535. The van der Waals surface area contributed by atoms with Crippen LogP contribution in [-0.4, -0.2) is 88.5 Å². The zero-order valence-corrected chi connectivity index (χ0v) is 25.2. The molecule has 0 aliphatic heterocycles. The van der Waals surface area contributed by atoms with Gasteiger partial charge in [0.1, 0.15) is 54.6 Å². The van der Waals surface area contributed by atoms with Crippen molar-refractivity contribution in [2.75, 3.05) is 33.7 Å². The third-order valence-corrected chi connectivity index (χ3v) is 8.23. The van der Waals surface area contributed by atoms with E-state index in [1.165, 1.54) is 42.8 Å². The van der Waals surface area contributed by atoms with Crippen LogP contribution in [-0.2, 0) is 39.3 Å². The number of ether oxygens (including phenoxy) is 3. The van der Waals surface area contributed by atoms with Crippen molar-refractivity contribution in [1.82, 2.24) is 19.7 Å². The highest BCUT2D eigenvalue weighted by Crippen LogP contribution is 2.46. The summed E-state index contributed by atoms with van der Waals surface area (Å²) in [6.07, 6.45) is -2.48. The Balaban J connectivity index is 1.87. The van der Waals surface area contributed by atoms with Crippen molar-refractivity contribution in [3.63, 3.8) is 0 Å². The number of nitrogen functional groups attached to an aromatic ring is 1. The quantitative estimate of drug-likeness (QED) is 0.109. The van der Waals surface area contributed by atoms with Crippen LogP contribution >= 0.6 is 7.75 Å². The maximum absolute atomic E-state index is 13.9. The summed E-state index contributed by atoms with van der Waals surface area (Å²) in [5, 5.41) is 38.7. The monoisotopic (exact) mass is 635 g/mol. The van der Waals surface area contributed by atoms with Crippen LogP contribution in [0.15, 0.2) is 42.7 Å². The highest BCUT2D eigenvalue weighted by atomic mass is 31.2. The van der Waals surface area contributed by atoms with Crippen LogP contribution in [0.4, 0.5) is 5.82 Å². The summed E-state index contributed by atoms with van der Waals surface area (Å²) in [4.78, 5) is 27.6. The third kappa shape index (κ3) is 7.68. The number of nitriles is 1. The topological polar surface area (TPSA) is 256 Å². The minimum Gasteiger partial charge on any atom is -0.468 e. The van der Waals surface area contributed by atoms with Gasteiger partial charge >= 0.3 is 19.7 Å². The molecule has 2 heterocycles. The number of hydrogen-bond acceptors (Lipinski definition) is 15. The number of hydrogen-bond donors (Lipinski definition) is 5. The second kappa shape index (κ2) is 14.6. The zero-order valence-electron chi connectivity index (χ0n) is 24.3. The van der Waals surface area contributed by atoms with Crippen molar-refractivity contribution >= 4 is 31.0 Å². The smallest absolute Gasteiger partial charge is 0.459 e. The van der Waals surface area contributed by atoms with Crippen molar-refractivity contribution in [3.8, 4) is 11.8 Å². The van der Waals surface area contributed by atoms with Gasteiger partial charge in [0.2, 0.25) is 5.60 Å². The molecular formula is C26H34N7O10P. The molecule has 0 saturated carbocycles. The number of benzene rings is 1. The van der Waals surface area contributed by atoms with E-state index in [2.05, 4.69) is 24.6 Å². The average Bonchev–Trinajstić information content (AvgIpc) is 3.46. The molecule has 0 amide bonds. The molecule has 3 rings (SSSR count). The SMILES string of the molecule is COC(=O)[C@H](C)NP(=O)(OC[C@@](C#N)(OC)[C@@H](O)[C@@H](O)c1ccc2c(N)ncnn12)Oc1ccc(C[C@H](N)C(=O)OC)cc1. The van der Waals surface area contributed by atoms with Crippen LogP contribution in [0.2, 0.25) is 0 Å². The van der Waals surface area contributed by atoms with E-state index in [-0.39, 0.29) is 23.7 Å². The first kappa shape index (κ1) is 34.4. The predicted octanol–water partition coefficient (Wildman–Crippen LogP) is 0.0122. The molecule has 17 nitrogen and oxygen atoms in total. The molecule has 238 valence electrons. The van der Waals surface area contributed by atoms with Gasteiger partial charge in [-0.15, -0.1) is 0 Å². The molecule has 0 aliphatic carbocycles. The Morgan fingerprint density at radius 2 is 1.80 bits per heavy atom. The summed E-state index contributed by atoms with van der Waals surface area (Å²) in [6, 6.07) is 8.50. The van der Waals surface area contributed by atoms with Crippen molar-refractivity contribution < 1.29 is 47.6 Å². The Labute approximate surface area is 252 Å². The van der Waals surface area contributed by atoms with E-state index in [4.69, 9.17) is 25.3 Å². The maximum Gasteiger partial charge on any atom is 0.459 e. The van der Waals surface area contributed by atoms with Crippen LogP contribution in [0, 0.1) is 11.3 Å². The maximum atomic E-state index is 13.9. The molecule has 6 atom stereocenters. The van der Waals surface area contributed by atoms with Gasteiger partial charge in [-0.2, -0.15) is 15.4 Å². The molecule has 0 radical (unpaired) electrons. The van der Waals surface area contributed by atoms with Crippen LogP contribution in [0.5, 0.6) is 5.75 Å². The van der Waals surface area contributed by atoms with E-state index in [1.807, 2.05) is 0 Å². The van der Waals surface area contributed by atoms with Gasteiger partial charge in [0.15, 0.2) is 5.82 Å². The van der Waals surface area contributed by atoms with Crippen LogP contribution < -0.4 is 21.1 Å². The van der Waals surface area contributed by atoms with Gasteiger partial charge in [0.05, 0.1) is 19.9 Å². The number of nitrogens with one attached hydrogen (secondary N) is 1. The predicted molar refractivity (Wildman–Crippen MR) is 153 cm³/mol. The number of anilines is 1. The first-order valence-corrected chi connectivity index (χ1v) is 14.5. The van der Waals surface area contributed by atoms with Crippen LogP contribution in [0.3, 0.4) is 0 Å². The Bertz CT molecular complexity index is 1550. The molecule has 0 bridgehead atoms. The fourth-order valence-corrected chi connectivity index (χ4v) is 5.59.